The van der Waals surface area contributed by atoms with E-state index in [9.17, 15) is 4.39 Å². The molecule has 1 aliphatic rings. The number of halogens is 1. The number of hydrogen-bond acceptors (Lipinski definition) is 1. The molecular formula is C14H20FN. The van der Waals surface area contributed by atoms with Gasteiger partial charge >= 0.3 is 0 Å². The van der Waals surface area contributed by atoms with Crippen molar-refractivity contribution in [2.45, 2.75) is 45.7 Å². The Morgan fingerprint density at radius 2 is 2.19 bits per heavy atom. The Bertz CT molecular complexity index is 362. The third kappa shape index (κ3) is 2.82. The van der Waals surface area contributed by atoms with Crippen molar-refractivity contribution in [1.29, 1.82) is 0 Å². The molecule has 0 saturated heterocycles. The first kappa shape index (κ1) is 11.6. The van der Waals surface area contributed by atoms with Crippen molar-refractivity contribution < 1.29 is 4.39 Å². The molecule has 1 fully saturated rings. The molecule has 16 heavy (non-hydrogen) atoms. The van der Waals surface area contributed by atoms with Gasteiger partial charge in [0.1, 0.15) is 5.82 Å². The topological polar surface area (TPSA) is 12.0 Å². The van der Waals surface area contributed by atoms with Gasteiger partial charge in [-0.1, -0.05) is 24.6 Å². The van der Waals surface area contributed by atoms with Crippen LogP contribution in [-0.2, 0) is 6.54 Å². The average molecular weight is 221 g/mol. The highest BCUT2D eigenvalue weighted by atomic mass is 19.1. The fraction of sp³-hybridized carbons (Fsp3) is 0.571. The summed E-state index contributed by atoms with van der Waals surface area (Å²) in [5.41, 5.74) is 1.91. The van der Waals surface area contributed by atoms with Crippen LogP contribution in [0.1, 0.15) is 37.3 Å². The second-order valence-electron chi connectivity index (χ2n) is 5.09. The van der Waals surface area contributed by atoms with Crippen molar-refractivity contribution in [2.75, 3.05) is 0 Å². The largest absolute Gasteiger partial charge is 0.310 e. The van der Waals surface area contributed by atoms with Crippen LogP contribution in [-0.4, -0.2) is 6.04 Å². The summed E-state index contributed by atoms with van der Waals surface area (Å²) in [6.45, 7) is 4.94. The maximum atomic E-state index is 13.5. The van der Waals surface area contributed by atoms with E-state index in [0.29, 0.717) is 12.6 Å². The van der Waals surface area contributed by atoms with Gasteiger partial charge in [-0.25, -0.2) is 4.39 Å². The molecule has 1 aliphatic carbocycles. The highest BCUT2D eigenvalue weighted by Crippen LogP contribution is 2.25. The van der Waals surface area contributed by atoms with Crippen LogP contribution in [0.3, 0.4) is 0 Å². The van der Waals surface area contributed by atoms with Crippen LogP contribution in [0, 0.1) is 18.7 Å². The summed E-state index contributed by atoms with van der Waals surface area (Å²) in [6.07, 6.45) is 3.76. The molecule has 88 valence electrons. The summed E-state index contributed by atoms with van der Waals surface area (Å²) in [7, 11) is 0. The highest BCUT2D eigenvalue weighted by molar-refractivity contribution is 5.23. The second-order valence-corrected chi connectivity index (χ2v) is 5.09. The molecule has 1 N–H and O–H groups in total. The molecule has 0 bridgehead atoms. The lowest BCUT2D eigenvalue weighted by Crippen LogP contribution is -2.26. The van der Waals surface area contributed by atoms with Gasteiger partial charge in [-0.15, -0.1) is 0 Å². The molecule has 0 heterocycles. The normalized spacial score (nSPS) is 24.9. The molecule has 0 aliphatic heterocycles. The maximum absolute atomic E-state index is 13.5. The van der Waals surface area contributed by atoms with Gasteiger partial charge in [-0.3, -0.25) is 0 Å². The lowest BCUT2D eigenvalue weighted by molar-refractivity contribution is 0.491. The van der Waals surface area contributed by atoms with E-state index < -0.39 is 0 Å². The van der Waals surface area contributed by atoms with E-state index in [1.54, 1.807) is 6.07 Å². The van der Waals surface area contributed by atoms with Crippen molar-refractivity contribution >= 4 is 0 Å². The average Bonchev–Trinajstić information content (AvgIpc) is 2.66. The Hall–Kier alpha value is -0.890. The Labute approximate surface area is 97.1 Å². The molecule has 2 rings (SSSR count). The van der Waals surface area contributed by atoms with E-state index in [4.69, 9.17) is 0 Å². The van der Waals surface area contributed by atoms with Crippen molar-refractivity contribution in [3.05, 3.63) is 35.1 Å². The van der Waals surface area contributed by atoms with Crippen LogP contribution in [0.2, 0.25) is 0 Å². The molecule has 2 atom stereocenters. The van der Waals surface area contributed by atoms with Crippen molar-refractivity contribution in [2.24, 2.45) is 5.92 Å². The number of aryl methyl sites for hydroxylation is 1. The Kier molecular flexibility index (Phi) is 3.59. The van der Waals surface area contributed by atoms with Crippen LogP contribution in [0.4, 0.5) is 4.39 Å². The molecule has 1 aromatic carbocycles. The minimum Gasteiger partial charge on any atom is -0.310 e. The van der Waals surface area contributed by atoms with Crippen molar-refractivity contribution in [1.82, 2.24) is 5.32 Å². The molecule has 2 heteroatoms. The van der Waals surface area contributed by atoms with Gasteiger partial charge in [0.25, 0.3) is 0 Å². The zero-order chi connectivity index (χ0) is 11.5. The lowest BCUT2D eigenvalue weighted by Gasteiger charge is -2.13. The van der Waals surface area contributed by atoms with E-state index in [-0.39, 0.29) is 5.82 Å². The van der Waals surface area contributed by atoms with Crippen LogP contribution in [0.5, 0.6) is 0 Å². The lowest BCUT2D eigenvalue weighted by atomic mass is 10.1. The zero-order valence-corrected chi connectivity index (χ0v) is 10.1. The van der Waals surface area contributed by atoms with E-state index in [1.165, 1.54) is 19.3 Å². The molecule has 0 radical (unpaired) electrons. The molecule has 1 nitrogen and oxygen atoms in total. The summed E-state index contributed by atoms with van der Waals surface area (Å²) < 4.78 is 13.5. The first-order valence-corrected chi connectivity index (χ1v) is 6.13. The molecule has 0 amide bonds. The maximum Gasteiger partial charge on any atom is 0.127 e. The second kappa shape index (κ2) is 4.96. The minimum atomic E-state index is -0.0934. The molecule has 0 spiro atoms. The Morgan fingerprint density at radius 1 is 1.38 bits per heavy atom. The first-order chi connectivity index (χ1) is 7.65. The number of hydrogen-bond donors (Lipinski definition) is 1. The van der Waals surface area contributed by atoms with E-state index in [0.717, 1.165) is 17.0 Å². The fourth-order valence-corrected chi connectivity index (χ4v) is 2.49. The third-order valence-electron chi connectivity index (χ3n) is 3.48. The predicted molar refractivity (Wildman–Crippen MR) is 64.8 cm³/mol. The van der Waals surface area contributed by atoms with Gasteiger partial charge < -0.3 is 5.32 Å². The Balaban J connectivity index is 1.91. The van der Waals surface area contributed by atoms with E-state index in [1.807, 2.05) is 19.1 Å². The number of nitrogens with one attached hydrogen (secondary N) is 1. The summed E-state index contributed by atoms with van der Waals surface area (Å²) in [6, 6.07) is 5.88. The van der Waals surface area contributed by atoms with Crippen LogP contribution in [0.25, 0.3) is 0 Å². The zero-order valence-electron chi connectivity index (χ0n) is 10.1. The van der Waals surface area contributed by atoms with Gasteiger partial charge in [-0.2, -0.15) is 0 Å². The third-order valence-corrected chi connectivity index (χ3v) is 3.48. The van der Waals surface area contributed by atoms with Crippen molar-refractivity contribution in [3.63, 3.8) is 0 Å². The molecule has 1 aromatic rings. The SMILES string of the molecule is Cc1ccc(F)c(CNC2CCC(C)C2)c1. The number of benzene rings is 1. The van der Waals surface area contributed by atoms with Crippen LogP contribution in [0.15, 0.2) is 18.2 Å². The minimum absolute atomic E-state index is 0.0934. The summed E-state index contributed by atoms with van der Waals surface area (Å²) in [5.74, 6) is 0.726. The summed E-state index contributed by atoms with van der Waals surface area (Å²) in [4.78, 5) is 0. The fourth-order valence-electron chi connectivity index (χ4n) is 2.49. The molecule has 1 saturated carbocycles. The Morgan fingerprint density at radius 3 is 2.88 bits per heavy atom. The first-order valence-electron chi connectivity index (χ1n) is 6.13. The molecule has 2 unspecified atom stereocenters. The number of rotatable bonds is 3. The summed E-state index contributed by atoms with van der Waals surface area (Å²) >= 11 is 0. The molecular weight excluding hydrogens is 201 g/mol. The van der Waals surface area contributed by atoms with Crippen LogP contribution < -0.4 is 5.32 Å². The van der Waals surface area contributed by atoms with Gasteiger partial charge in [0, 0.05) is 18.2 Å². The van der Waals surface area contributed by atoms with Gasteiger partial charge in [0.05, 0.1) is 0 Å². The van der Waals surface area contributed by atoms with Crippen molar-refractivity contribution in [3.8, 4) is 0 Å². The van der Waals surface area contributed by atoms with Gasteiger partial charge in [0.2, 0.25) is 0 Å². The smallest absolute Gasteiger partial charge is 0.127 e. The van der Waals surface area contributed by atoms with Gasteiger partial charge in [0.15, 0.2) is 0 Å². The summed E-state index contributed by atoms with van der Waals surface area (Å²) in [5, 5.41) is 3.46. The van der Waals surface area contributed by atoms with Crippen LogP contribution >= 0.6 is 0 Å². The quantitative estimate of drug-likeness (QED) is 0.824. The van der Waals surface area contributed by atoms with E-state index in [2.05, 4.69) is 12.2 Å². The van der Waals surface area contributed by atoms with Gasteiger partial charge in [-0.05, 0) is 38.2 Å². The van der Waals surface area contributed by atoms with E-state index >= 15 is 0 Å². The highest BCUT2D eigenvalue weighted by Gasteiger charge is 2.20. The monoisotopic (exact) mass is 221 g/mol. The molecule has 0 aromatic heterocycles. The predicted octanol–water partition coefficient (Wildman–Crippen LogP) is 3.41. The standard InChI is InChI=1S/C14H20FN/c1-10-4-6-14(15)12(7-10)9-16-13-5-3-11(2)8-13/h4,6-7,11,13,16H,3,5,8-9H2,1-2H3.